The zero-order chi connectivity index (χ0) is 17.9. The molecule has 7 heteroatoms. The van der Waals surface area contributed by atoms with Crippen LogP contribution in [0.15, 0.2) is 47.4 Å². The van der Waals surface area contributed by atoms with Gasteiger partial charge in [0, 0.05) is 18.3 Å². The number of nitrogens with zero attached hydrogens (tertiary/aromatic N) is 1. The Morgan fingerprint density at radius 3 is 2.21 bits per heavy atom. The van der Waals surface area contributed by atoms with E-state index in [0.717, 1.165) is 15.6 Å². The molecule has 0 saturated heterocycles. The Balaban J connectivity index is 2.18. The van der Waals surface area contributed by atoms with E-state index < -0.39 is 10.0 Å². The van der Waals surface area contributed by atoms with Crippen molar-refractivity contribution in [1.29, 1.82) is 0 Å². The summed E-state index contributed by atoms with van der Waals surface area (Å²) in [6.07, 6.45) is 0. The van der Waals surface area contributed by atoms with Crippen LogP contribution in [0.3, 0.4) is 0 Å². The number of anilines is 1. The molecule has 24 heavy (non-hydrogen) atoms. The minimum Gasteiger partial charge on any atom is -0.322 e. The third-order valence-corrected chi connectivity index (χ3v) is 5.47. The SMILES string of the molecule is CON(C)S(=O)(=O)c1ccc(C(=O)Nc2ccc(C)c(C)c2)cc1. The smallest absolute Gasteiger partial charge is 0.264 e. The Bertz CT molecular complexity index is 845. The number of amides is 1. The zero-order valence-corrected chi connectivity index (χ0v) is 14.8. The van der Waals surface area contributed by atoms with E-state index in [9.17, 15) is 13.2 Å². The van der Waals surface area contributed by atoms with Crippen LogP contribution in [-0.2, 0) is 14.9 Å². The molecule has 0 spiro atoms. The van der Waals surface area contributed by atoms with Crippen molar-refractivity contribution >= 4 is 21.6 Å². The Hall–Kier alpha value is -2.22. The summed E-state index contributed by atoms with van der Waals surface area (Å²) in [6, 6.07) is 11.3. The second kappa shape index (κ2) is 7.12. The van der Waals surface area contributed by atoms with Gasteiger partial charge >= 0.3 is 0 Å². The summed E-state index contributed by atoms with van der Waals surface area (Å²) in [4.78, 5) is 17.0. The molecular formula is C17H20N2O4S. The zero-order valence-electron chi connectivity index (χ0n) is 14.0. The average Bonchev–Trinajstić information content (AvgIpc) is 2.57. The van der Waals surface area contributed by atoms with Crippen molar-refractivity contribution < 1.29 is 18.0 Å². The van der Waals surface area contributed by atoms with E-state index in [2.05, 4.69) is 5.32 Å². The monoisotopic (exact) mass is 348 g/mol. The normalized spacial score (nSPS) is 11.5. The van der Waals surface area contributed by atoms with E-state index in [1.165, 1.54) is 38.4 Å². The lowest BCUT2D eigenvalue weighted by molar-refractivity contribution is -0.0258. The number of aryl methyl sites for hydroxylation is 2. The first-order valence-corrected chi connectivity index (χ1v) is 8.71. The van der Waals surface area contributed by atoms with Gasteiger partial charge < -0.3 is 5.32 Å². The van der Waals surface area contributed by atoms with Crippen LogP contribution < -0.4 is 5.32 Å². The molecule has 128 valence electrons. The number of rotatable bonds is 5. The van der Waals surface area contributed by atoms with Crippen molar-refractivity contribution in [3.63, 3.8) is 0 Å². The highest BCUT2D eigenvalue weighted by atomic mass is 32.2. The van der Waals surface area contributed by atoms with E-state index in [0.29, 0.717) is 11.3 Å². The lowest BCUT2D eigenvalue weighted by Crippen LogP contribution is -2.25. The fraction of sp³-hybridized carbons (Fsp3) is 0.235. The quantitative estimate of drug-likeness (QED) is 0.843. The standard InChI is InChI=1S/C17H20N2O4S/c1-12-5-8-15(11-13(12)2)18-17(20)14-6-9-16(10-7-14)24(21,22)19(3)23-4/h5-11H,1-4H3,(H,18,20). The fourth-order valence-corrected chi connectivity index (χ4v) is 3.02. The molecular weight excluding hydrogens is 328 g/mol. The lowest BCUT2D eigenvalue weighted by atomic mass is 10.1. The molecule has 6 nitrogen and oxygen atoms in total. The summed E-state index contributed by atoms with van der Waals surface area (Å²) in [7, 11) is -1.15. The lowest BCUT2D eigenvalue weighted by Gasteiger charge is -2.14. The van der Waals surface area contributed by atoms with Gasteiger partial charge in [-0.15, -0.1) is 0 Å². The number of benzene rings is 2. The van der Waals surface area contributed by atoms with Gasteiger partial charge in [0.05, 0.1) is 12.0 Å². The number of hydrogen-bond donors (Lipinski definition) is 1. The number of nitrogens with one attached hydrogen (secondary N) is 1. The minimum atomic E-state index is -3.72. The van der Waals surface area contributed by atoms with Gasteiger partial charge in [0.2, 0.25) is 0 Å². The van der Waals surface area contributed by atoms with E-state index >= 15 is 0 Å². The second-order valence-corrected chi connectivity index (χ2v) is 7.31. The van der Waals surface area contributed by atoms with Crippen molar-refractivity contribution in [2.45, 2.75) is 18.7 Å². The Kier molecular flexibility index (Phi) is 5.38. The maximum atomic E-state index is 12.3. The molecule has 2 aromatic rings. The highest BCUT2D eigenvalue weighted by molar-refractivity contribution is 7.89. The second-order valence-electron chi connectivity index (χ2n) is 5.37. The number of sulfonamides is 1. The van der Waals surface area contributed by atoms with Crippen molar-refractivity contribution in [2.24, 2.45) is 0 Å². The summed E-state index contributed by atoms with van der Waals surface area (Å²) < 4.78 is 25.0. The Labute approximate surface area is 142 Å². The summed E-state index contributed by atoms with van der Waals surface area (Å²) in [5.41, 5.74) is 3.29. The summed E-state index contributed by atoms with van der Waals surface area (Å²) >= 11 is 0. The molecule has 2 rings (SSSR count). The predicted octanol–water partition coefficient (Wildman–Crippen LogP) is 2.74. The summed E-state index contributed by atoms with van der Waals surface area (Å²) in [6.45, 7) is 3.97. The first-order valence-electron chi connectivity index (χ1n) is 7.27. The van der Waals surface area contributed by atoms with Gasteiger partial charge in [0.25, 0.3) is 15.9 Å². The van der Waals surface area contributed by atoms with Gasteiger partial charge in [-0.1, -0.05) is 10.5 Å². The van der Waals surface area contributed by atoms with Crippen LogP contribution in [-0.4, -0.2) is 33.0 Å². The highest BCUT2D eigenvalue weighted by Gasteiger charge is 2.21. The maximum Gasteiger partial charge on any atom is 0.264 e. The van der Waals surface area contributed by atoms with Crippen molar-refractivity contribution in [1.82, 2.24) is 4.47 Å². The number of hydroxylamine groups is 1. The molecule has 0 fully saturated rings. The van der Waals surface area contributed by atoms with Crippen LogP contribution in [0, 0.1) is 13.8 Å². The molecule has 0 aliphatic rings. The molecule has 1 amide bonds. The first kappa shape index (κ1) is 18.1. The Morgan fingerprint density at radius 2 is 1.67 bits per heavy atom. The van der Waals surface area contributed by atoms with Crippen LogP contribution in [0.1, 0.15) is 21.5 Å². The summed E-state index contributed by atoms with van der Waals surface area (Å²) in [5, 5.41) is 2.79. The molecule has 0 saturated carbocycles. The molecule has 2 aromatic carbocycles. The van der Waals surface area contributed by atoms with Gasteiger partial charge in [-0.25, -0.2) is 8.42 Å². The van der Waals surface area contributed by atoms with E-state index in [1.54, 1.807) is 0 Å². The van der Waals surface area contributed by atoms with Crippen LogP contribution in [0.5, 0.6) is 0 Å². The third kappa shape index (κ3) is 3.81. The number of carbonyl (C=O) groups is 1. The van der Waals surface area contributed by atoms with Crippen molar-refractivity contribution in [2.75, 3.05) is 19.5 Å². The topological polar surface area (TPSA) is 75.7 Å². The van der Waals surface area contributed by atoms with Gasteiger partial charge in [-0.05, 0) is 61.4 Å². The number of carbonyl (C=O) groups excluding carboxylic acids is 1. The molecule has 0 unspecified atom stereocenters. The van der Waals surface area contributed by atoms with Gasteiger partial charge in [-0.2, -0.15) is 0 Å². The summed E-state index contributed by atoms with van der Waals surface area (Å²) in [5.74, 6) is -0.303. The van der Waals surface area contributed by atoms with Gasteiger partial charge in [0.15, 0.2) is 0 Å². The number of hydrogen-bond acceptors (Lipinski definition) is 4. The minimum absolute atomic E-state index is 0.0505. The molecule has 0 atom stereocenters. The molecule has 1 N–H and O–H groups in total. The molecule has 0 radical (unpaired) electrons. The van der Waals surface area contributed by atoms with E-state index in [-0.39, 0.29) is 10.8 Å². The highest BCUT2D eigenvalue weighted by Crippen LogP contribution is 2.18. The van der Waals surface area contributed by atoms with Crippen molar-refractivity contribution in [3.05, 3.63) is 59.2 Å². The maximum absolute atomic E-state index is 12.3. The average molecular weight is 348 g/mol. The molecule has 0 bridgehead atoms. The van der Waals surface area contributed by atoms with Crippen LogP contribution in [0.4, 0.5) is 5.69 Å². The van der Waals surface area contributed by atoms with Gasteiger partial charge in [0.1, 0.15) is 0 Å². The molecule has 0 aliphatic carbocycles. The predicted molar refractivity (Wildman–Crippen MR) is 92.3 cm³/mol. The van der Waals surface area contributed by atoms with Crippen LogP contribution in [0.25, 0.3) is 0 Å². The van der Waals surface area contributed by atoms with E-state index in [4.69, 9.17) is 4.84 Å². The van der Waals surface area contributed by atoms with Crippen LogP contribution >= 0.6 is 0 Å². The fourth-order valence-electron chi connectivity index (χ4n) is 2.05. The molecule has 0 aromatic heterocycles. The molecule has 0 aliphatic heterocycles. The molecule has 0 heterocycles. The Morgan fingerprint density at radius 1 is 1.04 bits per heavy atom. The van der Waals surface area contributed by atoms with Crippen molar-refractivity contribution in [3.8, 4) is 0 Å². The van der Waals surface area contributed by atoms with Gasteiger partial charge in [-0.3, -0.25) is 9.63 Å². The van der Waals surface area contributed by atoms with E-state index in [1.807, 2.05) is 32.0 Å². The first-order chi connectivity index (χ1) is 11.3. The van der Waals surface area contributed by atoms with Crippen LogP contribution in [0.2, 0.25) is 0 Å². The largest absolute Gasteiger partial charge is 0.322 e. The third-order valence-electron chi connectivity index (χ3n) is 3.77.